The number of ether oxygens (including phenoxy) is 1. The monoisotopic (exact) mass is 329 g/mol. The molecule has 3 rings (SSSR count). The molecule has 0 saturated carbocycles. The molecule has 0 radical (unpaired) electrons. The van der Waals surface area contributed by atoms with E-state index >= 15 is 0 Å². The topological polar surface area (TPSA) is 49.2 Å². The Morgan fingerprint density at radius 1 is 1.29 bits per heavy atom. The number of nitrogens with zero attached hydrogens (tertiary/aromatic N) is 3. The molecule has 1 fully saturated rings. The zero-order valence-corrected chi connectivity index (χ0v) is 13.1. The summed E-state index contributed by atoms with van der Waals surface area (Å²) in [6.07, 6.45) is 2.09. The van der Waals surface area contributed by atoms with Crippen LogP contribution in [0.4, 0.5) is 8.78 Å². The Morgan fingerprint density at radius 3 is 2.88 bits per heavy atom. The van der Waals surface area contributed by atoms with Crippen LogP contribution in [0.25, 0.3) is 0 Å². The predicted octanol–water partition coefficient (Wildman–Crippen LogP) is 3.13. The van der Waals surface area contributed by atoms with E-state index in [0.29, 0.717) is 36.1 Å². The minimum absolute atomic E-state index is 0.329. The summed E-state index contributed by atoms with van der Waals surface area (Å²) in [5, 5.41) is 8.77. The van der Waals surface area contributed by atoms with Crippen molar-refractivity contribution in [2.45, 2.75) is 13.0 Å². The van der Waals surface area contributed by atoms with E-state index < -0.39 is 0 Å². The molecule has 1 aliphatic rings. The first-order valence-corrected chi connectivity index (χ1v) is 7.79. The maximum Gasteiger partial charge on any atom is 0.213 e. The van der Waals surface area contributed by atoms with Crippen molar-refractivity contribution in [2.24, 2.45) is 5.92 Å². The Labute approximate surface area is 139 Å². The van der Waals surface area contributed by atoms with Crippen LogP contribution >= 0.6 is 0 Å². The smallest absolute Gasteiger partial charge is 0.213 e. The third-order valence-electron chi connectivity index (χ3n) is 4.11. The summed E-state index contributed by atoms with van der Waals surface area (Å²) in [5.74, 6) is 0.00868. The Kier molecular flexibility index (Phi) is 5.02. The molecule has 1 saturated heterocycles. The lowest BCUT2D eigenvalue weighted by Crippen LogP contribution is -2.22. The number of aromatic nitrogens is 1. The van der Waals surface area contributed by atoms with Crippen LogP contribution in [0.1, 0.15) is 17.5 Å². The molecule has 24 heavy (non-hydrogen) atoms. The highest BCUT2D eigenvalue weighted by molar-refractivity contribution is 5.32. The summed E-state index contributed by atoms with van der Waals surface area (Å²) >= 11 is 0. The van der Waals surface area contributed by atoms with Gasteiger partial charge < -0.3 is 4.74 Å². The molecule has 1 atom stereocenters. The maximum absolute atomic E-state index is 13.9. The molecule has 1 aromatic carbocycles. The third kappa shape index (κ3) is 4.06. The Balaban J connectivity index is 1.50. The van der Waals surface area contributed by atoms with Gasteiger partial charge in [-0.05, 0) is 31.2 Å². The molecule has 1 unspecified atom stereocenters. The van der Waals surface area contributed by atoms with Crippen LogP contribution in [0.2, 0.25) is 0 Å². The molecule has 0 aliphatic carbocycles. The largest absolute Gasteiger partial charge is 0.477 e. The average Bonchev–Trinajstić information content (AvgIpc) is 3.04. The van der Waals surface area contributed by atoms with Crippen molar-refractivity contribution in [3.8, 4) is 11.9 Å². The van der Waals surface area contributed by atoms with E-state index in [9.17, 15) is 8.78 Å². The van der Waals surface area contributed by atoms with E-state index in [4.69, 9.17) is 10.00 Å². The first kappa shape index (κ1) is 16.3. The lowest BCUT2D eigenvalue weighted by molar-refractivity contribution is 0.231. The number of nitriles is 1. The number of likely N-dealkylation sites (tertiary alicyclic amines) is 1. The molecule has 124 valence electrons. The first-order chi connectivity index (χ1) is 11.6. The minimum Gasteiger partial charge on any atom is -0.477 e. The number of halogens is 2. The molecule has 4 nitrogen and oxygen atoms in total. The molecular formula is C18H17F2N3O. The van der Waals surface area contributed by atoms with Gasteiger partial charge in [0.1, 0.15) is 11.6 Å². The lowest BCUT2D eigenvalue weighted by Gasteiger charge is -2.17. The van der Waals surface area contributed by atoms with Gasteiger partial charge in [0, 0.05) is 30.6 Å². The van der Waals surface area contributed by atoms with Gasteiger partial charge in [0.05, 0.1) is 24.4 Å². The molecule has 0 amide bonds. The fourth-order valence-electron chi connectivity index (χ4n) is 2.83. The quantitative estimate of drug-likeness (QED) is 0.846. The van der Waals surface area contributed by atoms with Crippen LogP contribution < -0.4 is 4.74 Å². The van der Waals surface area contributed by atoms with Crippen molar-refractivity contribution in [1.29, 1.82) is 5.26 Å². The van der Waals surface area contributed by atoms with Crippen LogP contribution in [0.3, 0.4) is 0 Å². The molecule has 0 spiro atoms. The summed E-state index contributed by atoms with van der Waals surface area (Å²) in [4.78, 5) is 6.03. The van der Waals surface area contributed by atoms with Crippen LogP contribution in [0.15, 0.2) is 36.5 Å². The van der Waals surface area contributed by atoms with E-state index in [1.807, 2.05) is 6.07 Å². The van der Waals surface area contributed by atoms with Gasteiger partial charge in [-0.2, -0.15) is 5.26 Å². The van der Waals surface area contributed by atoms with E-state index in [2.05, 4.69) is 9.88 Å². The van der Waals surface area contributed by atoms with Gasteiger partial charge in [-0.25, -0.2) is 13.8 Å². The fourth-order valence-corrected chi connectivity index (χ4v) is 2.83. The Hall–Kier alpha value is -2.52. The molecule has 0 N–H and O–H groups in total. The Bertz CT molecular complexity index is 743. The van der Waals surface area contributed by atoms with Crippen molar-refractivity contribution in [3.63, 3.8) is 0 Å². The van der Waals surface area contributed by atoms with Gasteiger partial charge in [-0.1, -0.05) is 6.07 Å². The van der Waals surface area contributed by atoms with Crippen molar-refractivity contribution < 1.29 is 13.5 Å². The number of pyridine rings is 1. The molecule has 1 aliphatic heterocycles. The number of rotatable bonds is 5. The number of benzene rings is 1. The summed E-state index contributed by atoms with van der Waals surface area (Å²) in [6.45, 7) is 2.69. The van der Waals surface area contributed by atoms with E-state index in [1.54, 1.807) is 12.1 Å². The standard InChI is InChI=1S/C18H17F2N3O/c19-16-3-4-18(22-9-16)24-12-14-5-6-23(10-14)11-15-2-1-13(8-21)7-17(15)20/h1-4,7,9,14H,5-6,10-12H2. The lowest BCUT2D eigenvalue weighted by atomic mass is 10.1. The van der Waals surface area contributed by atoms with Crippen LogP contribution in [-0.2, 0) is 6.54 Å². The summed E-state index contributed by atoms with van der Waals surface area (Å²) in [5.41, 5.74) is 0.923. The van der Waals surface area contributed by atoms with E-state index in [-0.39, 0.29) is 11.6 Å². The van der Waals surface area contributed by atoms with Crippen molar-refractivity contribution in [1.82, 2.24) is 9.88 Å². The van der Waals surface area contributed by atoms with E-state index in [0.717, 1.165) is 25.7 Å². The van der Waals surface area contributed by atoms with Gasteiger partial charge in [0.2, 0.25) is 5.88 Å². The van der Waals surface area contributed by atoms with Gasteiger partial charge in [-0.15, -0.1) is 0 Å². The maximum atomic E-state index is 13.9. The van der Waals surface area contributed by atoms with Crippen LogP contribution in [0.5, 0.6) is 5.88 Å². The predicted molar refractivity (Wildman–Crippen MR) is 84.2 cm³/mol. The summed E-state index contributed by atoms with van der Waals surface area (Å²) in [7, 11) is 0. The second-order valence-corrected chi connectivity index (χ2v) is 5.93. The third-order valence-corrected chi connectivity index (χ3v) is 4.11. The highest BCUT2D eigenvalue weighted by atomic mass is 19.1. The van der Waals surface area contributed by atoms with Gasteiger partial charge in [0.25, 0.3) is 0 Å². The second-order valence-electron chi connectivity index (χ2n) is 5.93. The van der Waals surface area contributed by atoms with Crippen molar-refractivity contribution >= 4 is 0 Å². The SMILES string of the molecule is N#Cc1ccc(CN2CCC(COc3ccc(F)cn3)C2)c(F)c1. The normalized spacial score (nSPS) is 17.6. The van der Waals surface area contributed by atoms with E-state index in [1.165, 1.54) is 18.2 Å². The molecule has 6 heteroatoms. The zero-order valence-electron chi connectivity index (χ0n) is 13.1. The second kappa shape index (κ2) is 7.37. The molecule has 2 heterocycles. The van der Waals surface area contributed by atoms with Gasteiger partial charge >= 0.3 is 0 Å². The van der Waals surface area contributed by atoms with Crippen molar-refractivity contribution in [3.05, 3.63) is 59.3 Å². The fraction of sp³-hybridized carbons (Fsp3) is 0.333. The Morgan fingerprint density at radius 2 is 2.17 bits per heavy atom. The summed E-state index contributed by atoms with van der Waals surface area (Å²) < 4.78 is 32.3. The molecule has 2 aromatic rings. The van der Waals surface area contributed by atoms with Gasteiger partial charge in [-0.3, -0.25) is 4.90 Å². The average molecular weight is 329 g/mol. The van der Waals surface area contributed by atoms with Crippen molar-refractivity contribution in [2.75, 3.05) is 19.7 Å². The molecular weight excluding hydrogens is 312 g/mol. The molecule has 1 aromatic heterocycles. The van der Waals surface area contributed by atoms with Crippen LogP contribution in [0, 0.1) is 28.9 Å². The molecule has 0 bridgehead atoms. The highest BCUT2D eigenvalue weighted by Crippen LogP contribution is 2.21. The number of hydrogen-bond acceptors (Lipinski definition) is 4. The first-order valence-electron chi connectivity index (χ1n) is 7.79. The summed E-state index contributed by atoms with van der Waals surface area (Å²) in [6, 6.07) is 9.33. The van der Waals surface area contributed by atoms with Crippen LogP contribution in [-0.4, -0.2) is 29.6 Å². The minimum atomic E-state index is -0.390. The van der Waals surface area contributed by atoms with Gasteiger partial charge in [0.15, 0.2) is 0 Å². The highest BCUT2D eigenvalue weighted by Gasteiger charge is 2.24. The zero-order chi connectivity index (χ0) is 16.9. The number of hydrogen-bond donors (Lipinski definition) is 0.